The molecule has 1 heterocycles. The van der Waals surface area contributed by atoms with Gasteiger partial charge in [-0.1, -0.05) is 23.7 Å². The summed E-state index contributed by atoms with van der Waals surface area (Å²) >= 11 is 5.98. The van der Waals surface area contributed by atoms with E-state index in [2.05, 4.69) is 5.32 Å². The number of hydrogen-bond acceptors (Lipinski definition) is 4. The summed E-state index contributed by atoms with van der Waals surface area (Å²) in [4.78, 5) is 25.5. The van der Waals surface area contributed by atoms with Gasteiger partial charge < -0.3 is 15.0 Å². The maximum Gasteiger partial charge on any atom is 0.331 e. The van der Waals surface area contributed by atoms with Gasteiger partial charge in [0.15, 0.2) is 5.75 Å². The number of benzene rings is 2. The topological polar surface area (TPSA) is 58.6 Å². The van der Waals surface area contributed by atoms with Crippen LogP contribution < -0.4 is 15.0 Å². The molecular weight excluding hydrogens is 347 g/mol. The van der Waals surface area contributed by atoms with Crippen molar-refractivity contribution in [2.75, 3.05) is 24.5 Å². The van der Waals surface area contributed by atoms with Crippen LogP contribution in [0.5, 0.6) is 5.75 Å². The van der Waals surface area contributed by atoms with E-state index in [1.54, 1.807) is 35.2 Å². The second-order valence-electron chi connectivity index (χ2n) is 5.67. The number of fused-ring (bicyclic) bond motifs is 1. The zero-order valence-corrected chi connectivity index (χ0v) is 14.1. The zero-order valence-electron chi connectivity index (χ0n) is 13.3. The number of carbonyl (C=O) groups is 2. The van der Waals surface area contributed by atoms with E-state index < -0.39 is 5.97 Å². The molecule has 1 aliphatic heterocycles. The minimum absolute atomic E-state index is 0.0152. The van der Waals surface area contributed by atoms with Crippen LogP contribution in [0.4, 0.5) is 10.1 Å². The van der Waals surface area contributed by atoms with Crippen molar-refractivity contribution < 1.29 is 18.7 Å². The molecule has 3 rings (SSSR count). The Bertz CT molecular complexity index is 795. The van der Waals surface area contributed by atoms with Gasteiger partial charge in [0.05, 0.1) is 12.2 Å². The lowest BCUT2D eigenvalue weighted by atomic mass is 10.1. The van der Waals surface area contributed by atoms with E-state index in [1.807, 2.05) is 0 Å². The van der Waals surface area contributed by atoms with Gasteiger partial charge in [0, 0.05) is 11.6 Å². The van der Waals surface area contributed by atoms with Gasteiger partial charge >= 0.3 is 5.97 Å². The number of carbonyl (C=O) groups excluding carboxylic acids is 2. The SMILES string of the molecule is O=C(CN1CC(=O)Oc2ccc(Cl)cc21)NCCc1ccc(F)cc1. The van der Waals surface area contributed by atoms with Crippen LogP contribution in [0, 0.1) is 5.82 Å². The van der Waals surface area contributed by atoms with Crippen LogP contribution in [0.3, 0.4) is 0 Å². The van der Waals surface area contributed by atoms with E-state index in [1.165, 1.54) is 12.1 Å². The normalized spacial score (nSPS) is 13.2. The third-order valence-corrected chi connectivity index (χ3v) is 4.02. The molecule has 0 saturated heterocycles. The van der Waals surface area contributed by atoms with Crippen molar-refractivity contribution in [1.82, 2.24) is 5.32 Å². The highest BCUT2D eigenvalue weighted by molar-refractivity contribution is 6.31. The molecule has 2 aromatic rings. The molecule has 25 heavy (non-hydrogen) atoms. The van der Waals surface area contributed by atoms with Crippen LogP contribution in [-0.4, -0.2) is 31.5 Å². The van der Waals surface area contributed by atoms with Gasteiger partial charge in [-0.2, -0.15) is 0 Å². The number of hydrogen-bond donors (Lipinski definition) is 1. The van der Waals surface area contributed by atoms with Crippen LogP contribution in [0.1, 0.15) is 5.56 Å². The van der Waals surface area contributed by atoms with Crippen molar-refractivity contribution >= 4 is 29.2 Å². The first-order chi connectivity index (χ1) is 12.0. The maximum absolute atomic E-state index is 12.9. The van der Waals surface area contributed by atoms with Crippen molar-refractivity contribution in [2.45, 2.75) is 6.42 Å². The fraction of sp³-hybridized carbons (Fsp3) is 0.222. The van der Waals surface area contributed by atoms with Crippen LogP contribution in [0.15, 0.2) is 42.5 Å². The fourth-order valence-electron chi connectivity index (χ4n) is 2.59. The Morgan fingerprint density at radius 2 is 2.00 bits per heavy atom. The number of esters is 1. The Hall–Kier alpha value is -2.60. The molecule has 130 valence electrons. The Morgan fingerprint density at radius 1 is 1.24 bits per heavy atom. The molecule has 1 aliphatic rings. The lowest BCUT2D eigenvalue weighted by molar-refractivity contribution is -0.133. The summed E-state index contributed by atoms with van der Waals surface area (Å²) in [6.07, 6.45) is 0.594. The van der Waals surface area contributed by atoms with Gasteiger partial charge in [-0.25, -0.2) is 9.18 Å². The largest absolute Gasteiger partial charge is 0.423 e. The standard InChI is InChI=1S/C18H16ClFN2O3/c19-13-3-6-16-15(9-13)22(11-18(24)25-16)10-17(23)21-8-7-12-1-4-14(20)5-2-12/h1-6,9H,7-8,10-11H2,(H,21,23). The second-order valence-corrected chi connectivity index (χ2v) is 6.11. The van der Waals surface area contributed by atoms with E-state index in [0.717, 1.165) is 5.56 Å². The average Bonchev–Trinajstić information content (AvgIpc) is 2.57. The summed E-state index contributed by atoms with van der Waals surface area (Å²) in [5.41, 5.74) is 1.54. The molecule has 0 aromatic heterocycles. The van der Waals surface area contributed by atoms with E-state index in [0.29, 0.717) is 29.4 Å². The molecule has 5 nitrogen and oxygen atoms in total. The third-order valence-electron chi connectivity index (χ3n) is 3.79. The monoisotopic (exact) mass is 362 g/mol. The van der Waals surface area contributed by atoms with Crippen molar-refractivity contribution in [3.8, 4) is 5.75 Å². The first-order valence-corrected chi connectivity index (χ1v) is 8.15. The minimum atomic E-state index is -0.422. The van der Waals surface area contributed by atoms with Crippen LogP contribution in [0.25, 0.3) is 0 Å². The van der Waals surface area contributed by atoms with Gasteiger partial charge in [-0.05, 0) is 42.3 Å². The minimum Gasteiger partial charge on any atom is -0.423 e. The van der Waals surface area contributed by atoms with E-state index in [4.69, 9.17) is 16.3 Å². The highest BCUT2D eigenvalue weighted by Gasteiger charge is 2.25. The third kappa shape index (κ3) is 4.48. The molecule has 0 unspecified atom stereocenters. The molecular formula is C18H16ClFN2O3. The van der Waals surface area contributed by atoms with Crippen LogP contribution in [0.2, 0.25) is 5.02 Å². The number of nitrogens with one attached hydrogen (secondary N) is 1. The van der Waals surface area contributed by atoms with Gasteiger partial charge in [0.2, 0.25) is 5.91 Å². The maximum atomic E-state index is 12.9. The summed E-state index contributed by atoms with van der Waals surface area (Å²) in [5, 5.41) is 3.29. The molecule has 0 atom stereocenters. The summed E-state index contributed by atoms with van der Waals surface area (Å²) < 4.78 is 18.0. The summed E-state index contributed by atoms with van der Waals surface area (Å²) in [7, 11) is 0. The van der Waals surface area contributed by atoms with Gasteiger partial charge in [0.25, 0.3) is 0 Å². The highest BCUT2D eigenvalue weighted by atomic mass is 35.5. The molecule has 0 fully saturated rings. The lowest BCUT2D eigenvalue weighted by Crippen LogP contribution is -2.43. The molecule has 1 amide bonds. The Morgan fingerprint density at radius 3 is 2.76 bits per heavy atom. The summed E-state index contributed by atoms with van der Waals surface area (Å²) in [6, 6.07) is 11.0. The predicted molar refractivity (Wildman–Crippen MR) is 92.4 cm³/mol. The van der Waals surface area contributed by atoms with Crippen LogP contribution >= 0.6 is 11.6 Å². The summed E-state index contributed by atoms with van der Waals surface area (Å²) in [5.74, 6) is -0.543. The molecule has 0 bridgehead atoms. The lowest BCUT2D eigenvalue weighted by Gasteiger charge is -2.29. The fourth-order valence-corrected chi connectivity index (χ4v) is 2.75. The molecule has 1 N–H and O–H groups in total. The average molecular weight is 363 g/mol. The molecule has 0 saturated carbocycles. The number of halogens is 2. The number of ether oxygens (including phenoxy) is 1. The highest BCUT2D eigenvalue weighted by Crippen LogP contribution is 2.34. The molecule has 0 aliphatic carbocycles. The Balaban J connectivity index is 1.57. The Kier molecular flexibility index (Phi) is 5.19. The van der Waals surface area contributed by atoms with Gasteiger partial charge in [0.1, 0.15) is 12.4 Å². The zero-order chi connectivity index (χ0) is 17.8. The first-order valence-electron chi connectivity index (χ1n) is 7.77. The number of nitrogens with zero attached hydrogens (tertiary/aromatic N) is 1. The van der Waals surface area contributed by atoms with E-state index in [9.17, 15) is 14.0 Å². The van der Waals surface area contributed by atoms with Gasteiger partial charge in [-0.3, -0.25) is 4.79 Å². The first kappa shape index (κ1) is 17.2. The summed E-state index contributed by atoms with van der Waals surface area (Å²) in [6.45, 7) is 0.426. The quantitative estimate of drug-likeness (QED) is 0.656. The van der Waals surface area contributed by atoms with Crippen molar-refractivity contribution in [3.63, 3.8) is 0 Å². The second kappa shape index (κ2) is 7.53. The number of anilines is 1. The van der Waals surface area contributed by atoms with Crippen molar-refractivity contribution in [2.24, 2.45) is 0 Å². The number of rotatable bonds is 5. The van der Waals surface area contributed by atoms with E-state index >= 15 is 0 Å². The molecule has 0 spiro atoms. The predicted octanol–water partition coefficient (Wildman–Crippen LogP) is 2.56. The molecule has 7 heteroatoms. The van der Waals surface area contributed by atoms with Gasteiger partial charge in [-0.15, -0.1) is 0 Å². The molecule has 0 radical (unpaired) electrons. The smallest absolute Gasteiger partial charge is 0.331 e. The Labute approximate surface area is 149 Å². The van der Waals surface area contributed by atoms with Crippen molar-refractivity contribution in [3.05, 3.63) is 58.9 Å². The number of amides is 1. The van der Waals surface area contributed by atoms with E-state index in [-0.39, 0.29) is 24.8 Å². The molecule has 2 aromatic carbocycles. The van der Waals surface area contributed by atoms with Crippen molar-refractivity contribution in [1.29, 1.82) is 0 Å². The van der Waals surface area contributed by atoms with Crippen LogP contribution in [-0.2, 0) is 16.0 Å².